The monoisotopic (exact) mass is 417 g/mol. The zero-order valence-corrected chi connectivity index (χ0v) is 18.3. The van der Waals surface area contributed by atoms with Gasteiger partial charge in [-0.25, -0.2) is 4.79 Å². The van der Waals surface area contributed by atoms with Crippen LogP contribution in [-0.2, 0) is 23.9 Å². The fourth-order valence-corrected chi connectivity index (χ4v) is 7.78. The fourth-order valence-electron chi connectivity index (χ4n) is 7.78. The van der Waals surface area contributed by atoms with Gasteiger partial charge in [-0.1, -0.05) is 20.3 Å². The van der Waals surface area contributed by atoms with E-state index in [4.69, 9.17) is 9.47 Å². The van der Waals surface area contributed by atoms with Gasteiger partial charge in [0, 0.05) is 24.9 Å². The first-order valence-electron chi connectivity index (χ1n) is 11.9. The van der Waals surface area contributed by atoms with Crippen LogP contribution in [0.1, 0.15) is 65.2 Å². The molecular formula is C24H35NO5. The zero-order chi connectivity index (χ0) is 21.1. The lowest BCUT2D eigenvalue weighted by Crippen LogP contribution is -2.61. The van der Waals surface area contributed by atoms with E-state index in [9.17, 15) is 14.4 Å². The smallest absolute Gasteiger partial charge is 0.336 e. The second kappa shape index (κ2) is 7.40. The van der Waals surface area contributed by atoms with Gasteiger partial charge in [-0.15, -0.1) is 0 Å². The molecule has 6 nitrogen and oxygen atoms in total. The van der Waals surface area contributed by atoms with E-state index in [1.54, 1.807) is 0 Å². The van der Waals surface area contributed by atoms with Crippen LogP contribution in [0, 0.1) is 34.5 Å². The topological polar surface area (TPSA) is 81.7 Å². The lowest BCUT2D eigenvalue weighted by atomic mass is 9.44. The molecule has 166 valence electrons. The lowest BCUT2D eigenvalue weighted by Gasteiger charge is -2.58. The summed E-state index contributed by atoms with van der Waals surface area (Å²) in [6.45, 7) is 6.29. The third kappa shape index (κ3) is 3.09. The van der Waals surface area contributed by atoms with E-state index in [1.165, 1.54) is 19.3 Å². The third-order valence-electron chi connectivity index (χ3n) is 9.53. The zero-order valence-electron chi connectivity index (χ0n) is 18.3. The molecule has 1 saturated heterocycles. The number of morpholine rings is 1. The van der Waals surface area contributed by atoms with Crippen molar-refractivity contribution in [3.8, 4) is 0 Å². The van der Waals surface area contributed by atoms with Crippen molar-refractivity contribution < 1.29 is 23.9 Å². The Morgan fingerprint density at radius 2 is 1.90 bits per heavy atom. The van der Waals surface area contributed by atoms with Gasteiger partial charge in [-0.3, -0.25) is 9.59 Å². The summed E-state index contributed by atoms with van der Waals surface area (Å²) in [5, 5.41) is 3.14. The Morgan fingerprint density at radius 3 is 2.67 bits per heavy atom. The summed E-state index contributed by atoms with van der Waals surface area (Å²) in [7, 11) is 0. The van der Waals surface area contributed by atoms with Crippen molar-refractivity contribution in [2.24, 2.45) is 34.5 Å². The summed E-state index contributed by atoms with van der Waals surface area (Å²) in [5.74, 6) is -0.376. The quantitative estimate of drug-likeness (QED) is 0.550. The molecule has 5 fully saturated rings. The van der Waals surface area contributed by atoms with Crippen molar-refractivity contribution in [2.45, 2.75) is 77.4 Å². The number of rotatable bonds is 2. The van der Waals surface area contributed by atoms with Crippen molar-refractivity contribution in [1.82, 2.24) is 5.32 Å². The van der Waals surface area contributed by atoms with Gasteiger partial charge in [0.1, 0.15) is 6.10 Å². The molecule has 1 aliphatic heterocycles. The molecule has 8 atom stereocenters. The summed E-state index contributed by atoms with van der Waals surface area (Å²) in [5.41, 5.74) is 0.0897. The summed E-state index contributed by atoms with van der Waals surface area (Å²) in [4.78, 5) is 39.2. The van der Waals surface area contributed by atoms with E-state index in [1.807, 2.05) is 0 Å². The standard InChI is InChI=1S/C24H35NO5/c1-23-7-3-4-15(23)19-16(6-8-23)24(2)9-5-14(12-17(24)20(26)21(19)27)30-22(28)18-13-25-10-11-29-18/h14-19,25H,3-13H2,1-2H3/t14-,15-,16-,17+,18+,19-,23-,24+/m0/s1. The van der Waals surface area contributed by atoms with Gasteiger partial charge in [0.2, 0.25) is 11.6 Å². The third-order valence-corrected chi connectivity index (χ3v) is 9.53. The van der Waals surface area contributed by atoms with Crippen LogP contribution < -0.4 is 5.32 Å². The maximum atomic E-state index is 13.3. The molecule has 4 saturated carbocycles. The first-order valence-corrected chi connectivity index (χ1v) is 11.9. The Bertz CT molecular complexity index is 746. The lowest BCUT2D eigenvalue weighted by molar-refractivity contribution is -0.179. The molecule has 0 amide bonds. The highest BCUT2D eigenvalue weighted by molar-refractivity contribution is 6.39. The van der Waals surface area contributed by atoms with Gasteiger partial charge in [-0.2, -0.15) is 0 Å². The number of esters is 1. The molecule has 0 bridgehead atoms. The molecule has 4 aliphatic carbocycles. The van der Waals surface area contributed by atoms with E-state index >= 15 is 0 Å². The molecule has 0 aromatic heterocycles. The van der Waals surface area contributed by atoms with Crippen LogP contribution in [0.15, 0.2) is 0 Å². The maximum absolute atomic E-state index is 13.3. The molecular weight excluding hydrogens is 382 g/mol. The molecule has 1 N–H and O–H groups in total. The van der Waals surface area contributed by atoms with Gasteiger partial charge >= 0.3 is 5.97 Å². The number of ether oxygens (including phenoxy) is 2. The predicted octanol–water partition coefficient (Wildman–Crippen LogP) is 2.68. The predicted molar refractivity (Wildman–Crippen MR) is 110 cm³/mol. The second-order valence-electron chi connectivity index (χ2n) is 11.0. The highest BCUT2D eigenvalue weighted by Crippen LogP contribution is 2.64. The van der Waals surface area contributed by atoms with E-state index < -0.39 is 6.10 Å². The summed E-state index contributed by atoms with van der Waals surface area (Å²) in [6.07, 6.45) is 6.93. The molecule has 5 aliphatic rings. The van der Waals surface area contributed by atoms with Gasteiger partial charge in [0.25, 0.3) is 0 Å². The number of nitrogens with one attached hydrogen (secondary N) is 1. The number of fused-ring (bicyclic) bond motifs is 5. The Hall–Kier alpha value is -1.27. The van der Waals surface area contributed by atoms with Crippen LogP contribution >= 0.6 is 0 Å². The highest BCUT2D eigenvalue weighted by atomic mass is 16.6. The van der Waals surface area contributed by atoms with E-state index in [-0.39, 0.29) is 46.3 Å². The van der Waals surface area contributed by atoms with Crippen LogP contribution in [0.25, 0.3) is 0 Å². The number of hydrogen-bond donors (Lipinski definition) is 1. The average molecular weight is 418 g/mol. The minimum Gasteiger partial charge on any atom is -0.460 e. The van der Waals surface area contributed by atoms with E-state index in [0.717, 1.165) is 32.2 Å². The molecule has 30 heavy (non-hydrogen) atoms. The molecule has 0 spiro atoms. The van der Waals surface area contributed by atoms with Crippen LogP contribution in [0.5, 0.6) is 0 Å². The molecule has 5 rings (SSSR count). The molecule has 1 heterocycles. The van der Waals surface area contributed by atoms with Gasteiger partial charge in [0.15, 0.2) is 6.10 Å². The Kier molecular flexibility index (Phi) is 5.09. The van der Waals surface area contributed by atoms with E-state index in [0.29, 0.717) is 31.4 Å². The van der Waals surface area contributed by atoms with Crippen molar-refractivity contribution in [3.63, 3.8) is 0 Å². The van der Waals surface area contributed by atoms with Crippen LogP contribution in [0.4, 0.5) is 0 Å². The summed E-state index contributed by atoms with van der Waals surface area (Å²) >= 11 is 0. The van der Waals surface area contributed by atoms with Gasteiger partial charge < -0.3 is 14.8 Å². The maximum Gasteiger partial charge on any atom is 0.336 e. The fraction of sp³-hybridized carbons (Fsp3) is 0.875. The first-order chi connectivity index (χ1) is 14.3. The van der Waals surface area contributed by atoms with Crippen LogP contribution in [-0.4, -0.2) is 49.4 Å². The van der Waals surface area contributed by atoms with Gasteiger partial charge in [0.05, 0.1) is 6.61 Å². The van der Waals surface area contributed by atoms with Crippen molar-refractivity contribution in [2.75, 3.05) is 19.7 Å². The SMILES string of the molecule is C[C@@]12CCC[C@H]1[C@@H]1C(=O)C(=O)[C@H]3C[C@@H](OC(=O)[C@H]4CNCCO4)CC[C@]3(C)[C@H]1CC2. The average Bonchev–Trinajstić information content (AvgIpc) is 3.15. The Balaban J connectivity index is 1.33. The molecule has 0 radical (unpaired) electrons. The molecule has 0 aromatic carbocycles. The number of Topliss-reactive ketones (excluding diaryl/α,β-unsaturated/α-hetero) is 2. The largest absolute Gasteiger partial charge is 0.460 e. The highest BCUT2D eigenvalue weighted by Gasteiger charge is 2.64. The second-order valence-corrected chi connectivity index (χ2v) is 11.0. The van der Waals surface area contributed by atoms with Crippen molar-refractivity contribution in [3.05, 3.63) is 0 Å². The summed E-state index contributed by atoms with van der Waals surface area (Å²) < 4.78 is 11.3. The number of carbonyl (C=O) groups is 3. The van der Waals surface area contributed by atoms with Crippen LogP contribution in [0.3, 0.4) is 0 Å². The number of hydrogen-bond acceptors (Lipinski definition) is 6. The van der Waals surface area contributed by atoms with E-state index in [2.05, 4.69) is 19.2 Å². The molecule has 0 unspecified atom stereocenters. The van der Waals surface area contributed by atoms with Crippen LogP contribution in [0.2, 0.25) is 0 Å². The first kappa shape index (κ1) is 20.6. The number of ketones is 2. The van der Waals surface area contributed by atoms with Crippen molar-refractivity contribution in [1.29, 1.82) is 0 Å². The summed E-state index contributed by atoms with van der Waals surface area (Å²) in [6, 6.07) is 0. The Morgan fingerprint density at radius 1 is 1.07 bits per heavy atom. The normalized spacial score (nSPS) is 48.5. The molecule has 0 aromatic rings. The van der Waals surface area contributed by atoms with Gasteiger partial charge in [-0.05, 0) is 67.6 Å². The molecule has 6 heteroatoms. The van der Waals surface area contributed by atoms with Crippen molar-refractivity contribution >= 4 is 17.5 Å². The minimum absolute atomic E-state index is 0.0826. The Labute approximate surface area is 178 Å². The number of carbonyl (C=O) groups excluding carboxylic acids is 3. The minimum atomic E-state index is -0.571.